The predicted molar refractivity (Wildman–Crippen MR) is 88.6 cm³/mol. The lowest BCUT2D eigenvalue weighted by atomic mass is 9.76. The fourth-order valence-corrected chi connectivity index (χ4v) is 2.89. The van der Waals surface area contributed by atoms with Gasteiger partial charge in [0, 0.05) is 5.69 Å². The zero-order valence-electron chi connectivity index (χ0n) is 12.9. The van der Waals surface area contributed by atoms with Crippen LogP contribution in [0.2, 0.25) is 5.02 Å². The maximum atomic E-state index is 9.93. The molecule has 1 aliphatic heterocycles. The second kappa shape index (κ2) is 5.86. The van der Waals surface area contributed by atoms with Crippen LogP contribution >= 0.6 is 11.6 Å². The summed E-state index contributed by atoms with van der Waals surface area (Å²) in [7, 11) is -0.907. The fraction of sp³-hybridized carbons (Fsp3) is 0.250. The first-order valence-corrected chi connectivity index (χ1v) is 7.49. The number of aryl methyl sites for hydroxylation is 2. The fourth-order valence-electron chi connectivity index (χ4n) is 2.70. The van der Waals surface area contributed by atoms with Crippen LogP contribution in [0.5, 0.6) is 11.6 Å². The highest BCUT2D eigenvalue weighted by Gasteiger charge is 2.34. The van der Waals surface area contributed by atoms with Gasteiger partial charge in [-0.05, 0) is 55.6 Å². The molecule has 2 aromatic rings. The molecular formula is C16H14BClN2O3. The van der Waals surface area contributed by atoms with Crippen molar-refractivity contribution in [2.24, 2.45) is 0 Å². The average Bonchev–Trinajstić information content (AvgIpc) is 2.77. The van der Waals surface area contributed by atoms with Gasteiger partial charge >= 0.3 is 7.12 Å². The second-order valence-corrected chi connectivity index (χ2v) is 5.87. The van der Waals surface area contributed by atoms with Crippen molar-refractivity contribution in [2.75, 3.05) is 0 Å². The van der Waals surface area contributed by atoms with Gasteiger partial charge < -0.3 is 14.4 Å². The summed E-state index contributed by atoms with van der Waals surface area (Å²) in [6, 6.07) is 5.17. The molecule has 116 valence electrons. The largest absolute Gasteiger partial charge is 0.492 e. The summed E-state index contributed by atoms with van der Waals surface area (Å²) in [4.78, 5) is 7.61. The maximum absolute atomic E-state index is 9.93. The first-order chi connectivity index (χ1) is 10.9. The first kappa shape index (κ1) is 15.8. The van der Waals surface area contributed by atoms with Crippen molar-refractivity contribution in [3.63, 3.8) is 0 Å². The summed E-state index contributed by atoms with van der Waals surface area (Å²) in [6.45, 7) is 12.6. The Bertz CT molecular complexity index is 835. The van der Waals surface area contributed by atoms with E-state index in [1.54, 1.807) is 19.1 Å². The van der Waals surface area contributed by atoms with Crippen LogP contribution in [0.1, 0.15) is 29.8 Å². The average molecular weight is 329 g/mol. The molecule has 0 fully saturated rings. The van der Waals surface area contributed by atoms with Crippen LogP contribution in [0.3, 0.4) is 0 Å². The number of pyridine rings is 1. The van der Waals surface area contributed by atoms with Gasteiger partial charge in [0.05, 0.1) is 17.7 Å². The molecule has 1 unspecified atom stereocenters. The van der Waals surface area contributed by atoms with E-state index in [0.717, 1.165) is 16.6 Å². The van der Waals surface area contributed by atoms with E-state index in [4.69, 9.17) is 27.6 Å². The topological polar surface area (TPSA) is 55.9 Å². The molecule has 7 heteroatoms. The molecule has 2 heterocycles. The van der Waals surface area contributed by atoms with Crippen LogP contribution in [0.15, 0.2) is 18.2 Å². The number of halogens is 1. The Morgan fingerprint density at radius 1 is 1.39 bits per heavy atom. The maximum Gasteiger partial charge on any atom is 0.492 e. The third kappa shape index (κ3) is 2.79. The highest BCUT2D eigenvalue weighted by Crippen LogP contribution is 2.34. The van der Waals surface area contributed by atoms with E-state index in [1.807, 2.05) is 19.9 Å². The third-order valence-electron chi connectivity index (χ3n) is 3.85. The summed E-state index contributed by atoms with van der Waals surface area (Å²) in [6.07, 6.45) is -0.211. The first-order valence-electron chi connectivity index (χ1n) is 7.11. The number of fused-ring (bicyclic) bond motifs is 1. The zero-order chi connectivity index (χ0) is 16.7. The number of ether oxygens (including phenoxy) is 1. The number of benzene rings is 1. The molecule has 1 atom stereocenters. The monoisotopic (exact) mass is 328 g/mol. The predicted octanol–water partition coefficient (Wildman–Crippen LogP) is 3.47. The van der Waals surface area contributed by atoms with E-state index < -0.39 is 7.12 Å². The molecule has 23 heavy (non-hydrogen) atoms. The van der Waals surface area contributed by atoms with Crippen LogP contribution in [0, 0.1) is 20.4 Å². The highest BCUT2D eigenvalue weighted by molar-refractivity contribution is 6.62. The van der Waals surface area contributed by atoms with Crippen molar-refractivity contribution in [1.29, 1.82) is 0 Å². The van der Waals surface area contributed by atoms with Crippen LogP contribution in [-0.2, 0) is 4.65 Å². The lowest BCUT2D eigenvalue weighted by Crippen LogP contribution is -2.30. The Kier molecular flexibility index (Phi) is 4.03. The van der Waals surface area contributed by atoms with E-state index in [-0.39, 0.29) is 17.0 Å². The molecule has 3 rings (SSSR count). The molecule has 0 spiro atoms. The summed E-state index contributed by atoms with van der Waals surface area (Å²) < 4.78 is 11.2. The number of aromatic nitrogens is 1. The normalized spacial score (nSPS) is 16.2. The smallest absolute Gasteiger partial charge is 0.438 e. The highest BCUT2D eigenvalue weighted by atomic mass is 35.5. The summed E-state index contributed by atoms with van der Waals surface area (Å²) in [5, 5.41) is 10.2. The molecule has 1 aromatic heterocycles. The number of nitrogens with zero attached hydrogens (tertiary/aromatic N) is 2. The van der Waals surface area contributed by atoms with E-state index in [2.05, 4.69) is 9.83 Å². The van der Waals surface area contributed by atoms with Crippen molar-refractivity contribution in [1.82, 2.24) is 4.98 Å². The van der Waals surface area contributed by atoms with Crippen molar-refractivity contribution >= 4 is 29.9 Å². The second-order valence-electron chi connectivity index (χ2n) is 5.47. The van der Waals surface area contributed by atoms with Gasteiger partial charge in [-0.1, -0.05) is 11.6 Å². The SMILES string of the molecule is [C-]#[N+]c1cc(Cl)c(Oc2cc(C)c3c(c2)C(C)OB3O)nc1C. The standard InChI is InChI=1S/C16H14BClN2O3/c1-8-5-11(6-12-10(3)23-17(21)15(8)12)22-16-13(18)7-14(19-4)9(2)20-16/h5-7,10,21H,1-3H3. The minimum atomic E-state index is -0.907. The Morgan fingerprint density at radius 2 is 2.13 bits per heavy atom. The lowest BCUT2D eigenvalue weighted by Gasteiger charge is -2.12. The van der Waals surface area contributed by atoms with Crippen LogP contribution in [-0.4, -0.2) is 17.1 Å². The Morgan fingerprint density at radius 3 is 2.83 bits per heavy atom. The zero-order valence-corrected chi connectivity index (χ0v) is 13.7. The quantitative estimate of drug-likeness (QED) is 0.677. The van der Waals surface area contributed by atoms with E-state index in [9.17, 15) is 5.02 Å². The molecule has 0 bridgehead atoms. The van der Waals surface area contributed by atoms with Gasteiger partial charge in [0.2, 0.25) is 11.6 Å². The summed E-state index contributed by atoms with van der Waals surface area (Å²) in [5.74, 6) is 0.818. The molecule has 0 saturated carbocycles. The molecule has 1 aliphatic rings. The van der Waals surface area contributed by atoms with E-state index in [0.29, 0.717) is 17.1 Å². The number of hydrogen-bond acceptors (Lipinski definition) is 4. The van der Waals surface area contributed by atoms with Gasteiger partial charge in [0.15, 0.2) is 0 Å². The van der Waals surface area contributed by atoms with Crippen molar-refractivity contribution in [2.45, 2.75) is 26.9 Å². The molecule has 0 radical (unpaired) electrons. The molecule has 1 aromatic carbocycles. The van der Waals surface area contributed by atoms with Crippen LogP contribution in [0.25, 0.3) is 4.85 Å². The summed E-state index contributed by atoms with van der Waals surface area (Å²) in [5.41, 5.74) is 3.50. The number of rotatable bonds is 2. The molecule has 5 nitrogen and oxygen atoms in total. The molecular weight excluding hydrogens is 314 g/mol. The molecule has 0 saturated heterocycles. The van der Waals surface area contributed by atoms with Gasteiger partial charge in [0.25, 0.3) is 0 Å². The van der Waals surface area contributed by atoms with Gasteiger partial charge in [-0.3, -0.25) is 0 Å². The molecule has 1 N–H and O–H groups in total. The van der Waals surface area contributed by atoms with Crippen LogP contribution < -0.4 is 10.2 Å². The minimum absolute atomic E-state index is 0.211. The van der Waals surface area contributed by atoms with Crippen molar-refractivity contribution < 1.29 is 14.4 Å². The lowest BCUT2D eigenvalue weighted by molar-refractivity contribution is 0.208. The Hall–Kier alpha value is -2.07. The van der Waals surface area contributed by atoms with Gasteiger partial charge in [0.1, 0.15) is 5.75 Å². The van der Waals surface area contributed by atoms with Crippen molar-refractivity contribution in [3.05, 3.63) is 51.5 Å². The van der Waals surface area contributed by atoms with Gasteiger partial charge in [-0.25, -0.2) is 9.83 Å². The minimum Gasteiger partial charge on any atom is -0.438 e. The summed E-state index contributed by atoms with van der Waals surface area (Å²) >= 11 is 6.14. The molecule has 0 amide bonds. The number of hydrogen-bond donors (Lipinski definition) is 1. The van der Waals surface area contributed by atoms with Crippen molar-refractivity contribution in [3.8, 4) is 11.6 Å². The van der Waals surface area contributed by atoms with E-state index in [1.165, 1.54) is 0 Å². The Labute approximate surface area is 139 Å². The van der Waals surface area contributed by atoms with Gasteiger partial charge in [-0.2, -0.15) is 0 Å². The Balaban J connectivity index is 1.99. The molecule has 0 aliphatic carbocycles. The third-order valence-corrected chi connectivity index (χ3v) is 4.12. The van der Waals surface area contributed by atoms with E-state index >= 15 is 0 Å². The van der Waals surface area contributed by atoms with Crippen LogP contribution in [0.4, 0.5) is 5.69 Å². The van der Waals surface area contributed by atoms with Gasteiger partial charge in [-0.15, -0.1) is 0 Å².